The maximum atomic E-state index is 12.5. The second-order valence-electron chi connectivity index (χ2n) is 6.69. The van der Waals surface area contributed by atoms with Crippen LogP contribution in [0.3, 0.4) is 0 Å². The van der Waals surface area contributed by atoms with Gasteiger partial charge >= 0.3 is 0 Å². The molecular formula is C21H21ClN4O3S. The highest BCUT2D eigenvalue weighted by molar-refractivity contribution is 7.90. The molecule has 3 rings (SSSR count). The Bertz CT molecular complexity index is 1150. The van der Waals surface area contributed by atoms with E-state index >= 15 is 0 Å². The minimum absolute atomic E-state index is 0.0289. The zero-order valence-corrected chi connectivity index (χ0v) is 18.1. The molecule has 0 fully saturated rings. The number of rotatable bonds is 7. The SMILES string of the molecule is Cc1nc(N(C)CCc2ccccc2)ncc1C(=O)NS(=O)(=O)c1ccccc1Cl. The molecule has 30 heavy (non-hydrogen) atoms. The van der Waals surface area contributed by atoms with Gasteiger partial charge in [-0.3, -0.25) is 4.79 Å². The number of carbonyl (C=O) groups excluding carboxylic acids is 1. The molecule has 0 atom stereocenters. The highest BCUT2D eigenvalue weighted by Gasteiger charge is 2.23. The number of amides is 1. The van der Waals surface area contributed by atoms with Crippen LogP contribution in [0.4, 0.5) is 5.95 Å². The number of anilines is 1. The minimum atomic E-state index is -4.12. The summed E-state index contributed by atoms with van der Waals surface area (Å²) < 4.78 is 27.0. The lowest BCUT2D eigenvalue weighted by molar-refractivity contribution is 0.0980. The average Bonchev–Trinajstić information content (AvgIpc) is 2.72. The largest absolute Gasteiger partial charge is 0.344 e. The van der Waals surface area contributed by atoms with Crippen LogP contribution in [0.5, 0.6) is 0 Å². The van der Waals surface area contributed by atoms with E-state index in [1.54, 1.807) is 13.0 Å². The Labute approximate surface area is 180 Å². The molecule has 0 radical (unpaired) electrons. The molecule has 0 aliphatic carbocycles. The lowest BCUT2D eigenvalue weighted by Crippen LogP contribution is -2.32. The molecule has 1 aromatic heterocycles. The van der Waals surface area contributed by atoms with Crippen molar-refractivity contribution in [3.8, 4) is 0 Å². The molecule has 0 spiro atoms. The first-order chi connectivity index (χ1) is 14.3. The topological polar surface area (TPSA) is 92.3 Å². The molecule has 156 valence electrons. The minimum Gasteiger partial charge on any atom is -0.344 e. The first-order valence-electron chi connectivity index (χ1n) is 9.18. The molecule has 7 nitrogen and oxygen atoms in total. The number of benzene rings is 2. The van der Waals surface area contributed by atoms with E-state index in [-0.39, 0.29) is 15.5 Å². The Hall–Kier alpha value is -2.97. The van der Waals surface area contributed by atoms with Crippen molar-refractivity contribution in [1.82, 2.24) is 14.7 Å². The predicted octanol–water partition coefficient (Wildman–Crippen LogP) is 3.24. The molecule has 1 amide bonds. The fourth-order valence-electron chi connectivity index (χ4n) is 2.80. The van der Waals surface area contributed by atoms with Gasteiger partial charge in [-0.2, -0.15) is 0 Å². The Morgan fingerprint density at radius 2 is 1.77 bits per heavy atom. The van der Waals surface area contributed by atoms with Crippen LogP contribution in [0.1, 0.15) is 21.6 Å². The molecule has 2 aromatic carbocycles. The van der Waals surface area contributed by atoms with Gasteiger partial charge in [-0.15, -0.1) is 0 Å². The molecule has 3 aromatic rings. The Balaban J connectivity index is 1.71. The van der Waals surface area contributed by atoms with Gasteiger partial charge < -0.3 is 4.90 Å². The number of nitrogens with one attached hydrogen (secondary N) is 1. The van der Waals surface area contributed by atoms with E-state index in [1.807, 2.05) is 47.0 Å². The zero-order valence-electron chi connectivity index (χ0n) is 16.5. The number of halogens is 1. The number of likely N-dealkylation sites (N-methyl/N-ethyl adjacent to an activating group) is 1. The zero-order chi connectivity index (χ0) is 21.7. The van der Waals surface area contributed by atoms with Crippen LogP contribution in [-0.2, 0) is 16.4 Å². The van der Waals surface area contributed by atoms with Gasteiger partial charge in [0.2, 0.25) is 5.95 Å². The number of hydrogen-bond donors (Lipinski definition) is 1. The fourth-order valence-corrected chi connectivity index (χ4v) is 4.28. The first-order valence-corrected chi connectivity index (χ1v) is 11.0. The average molecular weight is 445 g/mol. The van der Waals surface area contributed by atoms with Crippen LogP contribution in [0, 0.1) is 6.92 Å². The predicted molar refractivity (Wildman–Crippen MR) is 116 cm³/mol. The van der Waals surface area contributed by atoms with E-state index in [1.165, 1.54) is 30.0 Å². The van der Waals surface area contributed by atoms with Gasteiger partial charge in [-0.1, -0.05) is 54.1 Å². The highest BCUT2D eigenvalue weighted by Crippen LogP contribution is 2.21. The highest BCUT2D eigenvalue weighted by atomic mass is 35.5. The first kappa shape index (κ1) is 21.7. The molecule has 0 aliphatic rings. The molecule has 0 unspecified atom stereocenters. The molecule has 1 N–H and O–H groups in total. The van der Waals surface area contributed by atoms with Crippen molar-refractivity contribution in [1.29, 1.82) is 0 Å². The van der Waals surface area contributed by atoms with Gasteiger partial charge in [0.25, 0.3) is 15.9 Å². The van der Waals surface area contributed by atoms with Gasteiger partial charge in [0.15, 0.2) is 0 Å². The normalized spacial score (nSPS) is 11.2. The lowest BCUT2D eigenvalue weighted by Gasteiger charge is -2.18. The van der Waals surface area contributed by atoms with Crippen molar-refractivity contribution in [3.05, 3.63) is 82.6 Å². The fraction of sp³-hybridized carbons (Fsp3) is 0.190. The third-order valence-electron chi connectivity index (χ3n) is 4.48. The Morgan fingerprint density at radius 3 is 2.43 bits per heavy atom. The smallest absolute Gasteiger partial charge is 0.268 e. The third-order valence-corrected chi connectivity index (χ3v) is 6.32. The molecule has 0 bridgehead atoms. The van der Waals surface area contributed by atoms with Crippen LogP contribution < -0.4 is 9.62 Å². The van der Waals surface area contributed by atoms with Crippen molar-refractivity contribution < 1.29 is 13.2 Å². The van der Waals surface area contributed by atoms with Crippen molar-refractivity contribution in [3.63, 3.8) is 0 Å². The maximum Gasteiger partial charge on any atom is 0.268 e. The molecule has 9 heteroatoms. The summed E-state index contributed by atoms with van der Waals surface area (Å²) >= 11 is 5.94. The van der Waals surface area contributed by atoms with Gasteiger partial charge in [0.1, 0.15) is 4.90 Å². The molecule has 0 saturated carbocycles. The molecule has 1 heterocycles. The maximum absolute atomic E-state index is 12.5. The van der Waals surface area contributed by atoms with Crippen LogP contribution in [0.25, 0.3) is 0 Å². The van der Waals surface area contributed by atoms with E-state index in [4.69, 9.17) is 11.6 Å². The lowest BCUT2D eigenvalue weighted by atomic mass is 10.1. The molecule has 0 saturated heterocycles. The van der Waals surface area contributed by atoms with Crippen LogP contribution in [0.2, 0.25) is 5.02 Å². The molecule has 0 aliphatic heterocycles. The quantitative estimate of drug-likeness (QED) is 0.601. The summed E-state index contributed by atoms with van der Waals surface area (Å²) in [7, 11) is -2.26. The second-order valence-corrected chi connectivity index (χ2v) is 8.75. The molecular weight excluding hydrogens is 424 g/mol. The monoisotopic (exact) mass is 444 g/mol. The standard InChI is InChI=1S/C21H21ClN4O3S/c1-15-17(20(27)25-30(28,29)19-11-7-6-10-18(19)22)14-23-21(24-15)26(2)13-12-16-8-4-3-5-9-16/h3-11,14H,12-13H2,1-2H3,(H,25,27). The van der Waals surface area contributed by atoms with Gasteiger partial charge in [0, 0.05) is 19.8 Å². The number of aryl methyl sites for hydroxylation is 1. The Kier molecular flexibility index (Phi) is 6.69. The third kappa shape index (κ3) is 5.14. The van der Waals surface area contributed by atoms with Gasteiger partial charge in [-0.25, -0.2) is 23.1 Å². The summed E-state index contributed by atoms with van der Waals surface area (Å²) in [5.74, 6) is -0.361. The summed E-state index contributed by atoms with van der Waals surface area (Å²) in [5.41, 5.74) is 1.64. The van der Waals surface area contributed by atoms with Crippen molar-refractivity contribution >= 4 is 33.5 Å². The van der Waals surface area contributed by atoms with E-state index in [2.05, 4.69) is 9.97 Å². The van der Waals surface area contributed by atoms with E-state index in [0.717, 1.165) is 6.42 Å². The van der Waals surface area contributed by atoms with E-state index < -0.39 is 15.9 Å². The van der Waals surface area contributed by atoms with Gasteiger partial charge in [-0.05, 0) is 31.0 Å². The number of sulfonamides is 1. The number of nitrogens with zero attached hydrogens (tertiary/aromatic N) is 3. The summed E-state index contributed by atoms with van der Waals surface area (Å²) in [6, 6.07) is 15.9. The van der Waals surface area contributed by atoms with Crippen LogP contribution in [-0.4, -0.2) is 37.9 Å². The van der Waals surface area contributed by atoms with E-state index in [0.29, 0.717) is 18.2 Å². The van der Waals surface area contributed by atoms with Crippen molar-refractivity contribution in [2.75, 3.05) is 18.5 Å². The van der Waals surface area contributed by atoms with Crippen molar-refractivity contribution in [2.45, 2.75) is 18.2 Å². The summed E-state index contributed by atoms with van der Waals surface area (Å²) in [5, 5.41) is 0.0289. The summed E-state index contributed by atoms with van der Waals surface area (Å²) in [6.45, 7) is 2.32. The summed E-state index contributed by atoms with van der Waals surface area (Å²) in [6.07, 6.45) is 2.15. The van der Waals surface area contributed by atoms with Gasteiger partial charge in [0.05, 0.1) is 16.3 Å². The summed E-state index contributed by atoms with van der Waals surface area (Å²) in [4.78, 5) is 22.8. The number of hydrogen-bond acceptors (Lipinski definition) is 6. The second kappa shape index (κ2) is 9.23. The van der Waals surface area contributed by atoms with Crippen LogP contribution >= 0.6 is 11.6 Å². The number of carbonyl (C=O) groups is 1. The van der Waals surface area contributed by atoms with Crippen LogP contribution in [0.15, 0.2) is 65.7 Å². The van der Waals surface area contributed by atoms with E-state index in [9.17, 15) is 13.2 Å². The van der Waals surface area contributed by atoms with Crippen molar-refractivity contribution in [2.24, 2.45) is 0 Å². The number of aromatic nitrogens is 2. The Morgan fingerprint density at radius 1 is 1.10 bits per heavy atom.